The van der Waals surface area contributed by atoms with Gasteiger partial charge in [-0.15, -0.1) is 0 Å². The van der Waals surface area contributed by atoms with E-state index < -0.39 is 0 Å². The van der Waals surface area contributed by atoms with Crippen LogP contribution < -0.4 is 5.32 Å². The zero-order chi connectivity index (χ0) is 15.5. The summed E-state index contributed by atoms with van der Waals surface area (Å²) >= 11 is 1.49. The van der Waals surface area contributed by atoms with Crippen molar-refractivity contribution >= 4 is 11.8 Å². The van der Waals surface area contributed by atoms with Crippen LogP contribution in [0.1, 0.15) is 31.9 Å². The molecule has 0 atom stereocenters. The Kier molecular flexibility index (Phi) is 5.07. The first kappa shape index (κ1) is 16.1. The van der Waals surface area contributed by atoms with Crippen LogP contribution >= 0.6 is 11.8 Å². The second-order valence-electron chi connectivity index (χ2n) is 6.25. The van der Waals surface area contributed by atoms with E-state index in [1.165, 1.54) is 23.4 Å². The van der Waals surface area contributed by atoms with Gasteiger partial charge in [-0.3, -0.25) is 0 Å². The minimum absolute atomic E-state index is 0.0115. The third kappa shape index (κ3) is 4.87. The largest absolute Gasteiger partial charge is 0.308 e. The molecule has 0 heterocycles. The highest BCUT2D eigenvalue weighted by Gasteiger charge is 2.13. The molecular formula is C18H22FNS. The molecule has 0 aliphatic carbocycles. The zero-order valence-electron chi connectivity index (χ0n) is 13.0. The van der Waals surface area contributed by atoms with Crippen molar-refractivity contribution in [1.29, 1.82) is 0 Å². The van der Waals surface area contributed by atoms with Gasteiger partial charge in [0.1, 0.15) is 5.82 Å². The molecule has 112 valence electrons. The van der Waals surface area contributed by atoms with E-state index in [9.17, 15) is 4.39 Å². The van der Waals surface area contributed by atoms with E-state index in [1.807, 2.05) is 31.2 Å². The van der Waals surface area contributed by atoms with Crippen molar-refractivity contribution in [2.75, 3.05) is 0 Å². The summed E-state index contributed by atoms with van der Waals surface area (Å²) in [6.45, 7) is 9.04. The number of halogens is 1. The normalized spacial score (nSPS) is 11.7. The minimum atomic E-state index is -0.158. The molecule has 1 nitrogen and oxygen atoms in total. The van der Waals surface area contributed by atoms with E-state index in [4.69, 9.17) is 0 Å². The Bertz CT molecular complexity index is 617. The average Bonchev–Trinajstić information content (AvgIpc) is 2.39. The van der Waals surface area contributed by atoms with E-state index >= 15 is 0 Å². The molecule has 2 aromatic rings. The number of hydrogen-bond acceptors (Lipinski definition) is 2. The maximum absolute atomic E-state index is 14.2. The van der Waals surface area contributed by atoms with Crippen molar-refractivity contribution in [2.24, 2.45) is 0 Å². The van der Waals surface area contributed by atoms with Gasteiger partial charge in [-0.2, -0.15) is 0 Å². The molecule has 0 aromatic heterocycles. The van der Waals surface area contributed by atoms with Crippen molar-refractivity contribution in [3.8, 4) is 0 Å². The lowest BCUT2D eigenvalue weighted by Crippen LogP contribution is -2.35. The van der Waals surface area contributed by atoms with Crippen molar-refractivity contribution in [3.63, 3.8) is 0 Å². The summed E-state index contributed by atoms with van der Waals surface area (Å²) in [5.41, 5.74) is 2.19. The summed E-state index contributed by atoms with van der Waals surface area (Å²) in [5.74, 6) is -0.158. The van der Waals surface area contributed by atoms with E-state index in [0.717, 1.165) is 10.5 Å². The lowest BCUT2D eigenvalue weighted by atomic mass is 10.1. The standard InChI is InChI=1S/C18H22FNS/c1-13-7-5-9-15(11-13)21-17-14(8-6-10-16(17)19)12-20-18(2,3)4/h5-11,20H,12H2,1-4H3. The molecule has 1 N–H and O–H groups in total. The second kappa shape index (κ2) is 6.63. The Hall–Kier alpha value is -1.32. The third-order valence-corrected chi connectivity index (χ3v) is 4.22. The topological polar surface area (TPSA) is 12.0 Å². The first-order chi connectivity index (χ1) is 9.85. The van der Waals surface area contributed by atoms with Crippen LogP contribution in [0.25, 0.3) is 0 Å². The Morgan fingerprint density at radius 3 is 2.48 bits per heavy atom. The molecule has 0 aliphatic heterocycles. The van der Waals surface area contributed by atoms with Crippen molar-refractivity contribution < 1.29 is 4.39 Å². The van der Waals surface area contributed by atoms with Crippen LogP contribution in [0.4, 0.5) is 4.39 Å². The summed E-state index contributed by atoms with van der Waals surface area (Å²) in [6, 6.07) is 13.4. The molecule has 0 aliphatic rings. The molecule has 0 saturated carbocycles. The van der Waals surface area contributed by atoms with Gasteiger partial charge < -0.3 is 5.32 Å². The van der Waals surface area contributed by atoms with Crippen molar-refractivity contribution in [2.45, 2.75) is 49.6 Å². The number of rotatable bonds is 4. The van der Waals surface area contributed by atoms with Gasteiger partial charge in [0.15, 0.2) is 0 Å². The third-order valence-electron chi connectivity index (χ3n) is 3.07. The van der Waals surface area contributed by atoms with Crippen LogP contribution in [-0.2, 0) is 6.54 Å². The lowest BCUT2D eigenvalue weighted by molar-refractivity contribution is 0.421. The van der Waals surface area contributed by atoms with Gasteiger partial charge in [0.25, 0.3) is 0 Å². The molecule has 0 unspecified atom stereocenters. The van der Waals surface area contributed by atoms with Crippen molar-refractivity contribution in [3.05, 3.63) is 59.4 Å². The predicted molar refractivity (Wildman–Crippen MR) is 88.3 cm³/mol. The molecule has 0 fully saturated rings. The van der Waals surface area contributed by atoms with Gasteiger partial charge in [0, 0.05) is 17.0 Å². The first-order valence-electron chi connectivity index (χ1n) is 7.12. The van der Waals surface area contributed by atoms with Gasteiger partial charge in [-0.25, -0.2) is 4.39 Å². The first-order valence-corrected chi connectivity index (χ1v) is 7.94. The van der Waals surface area contributed by atoms with Crippen LogP contribution in [0.15, 0.2) is 52.3 Å². The quantitative estimate of drug-likeness (QED) is 0.836. The molecule has 0 bridgehead atoms. The molecule has 3 heteroatoms. The number of nitrogens with one attached hydrogen (secondary N) is 1. The Balaban J connectivity index is 2.25. The Morgan fingerprint density at radius 2 is 1.81 bits per heavy atom. The van der Waals surface area contributed by atoms with Crippen molar-refractivity contribution in [1.82, 2.24) is 5.32 Å². The highest BCUT2D eigenvalue weighted by molar-refractivity contribution is 7.99. The fraction of sp³-hybridized carbons (Fsp3) is 0.333. The molecule has 0 radical (unpaired) electrons. The minimum Gasteiger partial charge on any atom is -0.308 e. The second-order valence-corrected chi connectivity index (χ2v) is 7.33. The molecular weight excluding hydrogens is 281 g/mol. The molecule has 0 amide bonds. The van der Waals surface area contributed by atoms with E-state index in [2.05, 4.69) is 32.2 Å². The molecule has 21 heavy (non-hydrogen) atoms. The SMILES string of the molecule is Cc1cccc(Sc2c(F)cccc2CNC(C)(C)C)c1. The maximum atomic E-state index is 14.2. The zero-order valence-corrected chi connectivity index (χ0v) is 13.9. The summed E-state index contributed by atoms with van der Waals surface area (Å²) in [6.07, 6.45) is 0. The van der Waals surface area contributed by atoms with Gasteiger partial charge in [-0.05, 0) is 51.5 Å². The smallest absolute Gasteiger partial charge is 0.137 e. The summed E-state index contributed by atoms with van der Waals surface area (Å²) in [5, 5.41) is 3.42. The lowest BCUT2D eigenvalue weighted by Gasteiger charge is -2.21. The van der Waals surface area contributed by atoms with E-state index in [-0.39, 0.29) is 11.4 Å². The fourth-order valence-corrected chi connectivity index (χ4v) is 3.03. The fourth-order valence-electron chi connectivity index (χ4n) is 1.96. The summed E-state index contributed by atoms with van der Waals surface area (Å²) < 4.78 is 14.2. The number of benzene rings is 2. The highest BCUT2D eigenvalue weighted by Crippen LogP contribution is 2.33. The van der Waals surface area contributed by atoms with Gasteiger partial charge in [0.2, 0.25) is 0 Å². The van der Waals surface area contributed by atoms with E-state index in [1.54, 1.807) is 6.07 Å². The van der Waals surface area contributed by atoms with Gasteiger partial charge >= 0.3 is 0 Å². The predicted octanol–water partition coefficient (Wildman–Crippen LogP) is 5.17. The molecule has 0 spiro atoms. The summed E-state index contributed by atoms with van der Waals surface area (Å²) in [4.78, 5) is 1.77. The highest BCUT2D eigenvalue weighted by atomic mass is 32.2. The molecule has 2 rings (SSSR count). The molecule has 0 saturated heterocycles. The monoisotopic (exact) mass is 303 g/mol. The average molecular weight is 303 g/mol. The van der Waals surface area contributed by atoms with Gasteiger partial charge in [-0.1, -0.05) is 41.6 Å². The van der Waals surface area contributed by atoms with E-state index in [0.29, 0.717) is 11.4 Å². The van der Waals surface area contributed by atoms with Crippen LogP contribution in [0.2, 0.25) is 0 Å². The van der Waals surface area contributed by atoms with Crippen LogP contribution in [0.3, 0.4) is 0 Å². The van der Waals surface area contributed by atoms with Gasteiger partial charge in [0.05, 0.1) is 4.90 Å². The molecule has 2 aromatic carbocycles. The Morgan fingerprint density at radius 1 is 1.10 bits per heavy atom. The van der Waals surface area contributed by atoms with Crippen LogP contribution in [0.5, 0.6) is 0 Å². The number of aryl methyl sites for hydroxylation is 1. The number of hydrogen-bond donors (Lipinski definition) is 1. The summed E-state index contributed by atoms with van der Waals surface area (Å²) in [7, 11) is 0. The van der Waals surface area contributed by atoms with Crippen LogP contribution in [-0.4, -0.2) is 5.54 Å². The Labute approximate surface area is 131 Å². The van der Waals surface area contributed by atoms with Crippen LogP contribution in [0, 0.1) is 12.7 Å². The maximum Gasteiger partial charge on any atom is 0.137 e.